The topological polar surface area (TPSA) is 140 Å². The molecule has 46 heavy (non-hydrogen) atoms. The minimum atomic E-state index is -5.08. The number of carboxylic acids is 2. The summed E-state index contributed by atoms with van der Waals surface area (Å²) in [5.74, 6) is -3.40. The Morgan fingerprint density at radius 2 is 1.80 bits per heavy atom. The van der Waals surface area contributed by atoms with Gasteiger partial charge in [0.05, 0.1) is 13.0 Å². The number of aliphatic carboxylic acids is 2. The lowest BCUT2D eigenvalue weighted by Crippen LogP contribution is -2.49. The average Bonchev–Trinajstić information content (AvgIpc) is 3.48. The molecule has 1 fully saturated rings. The van der Waals surface area contributed by atoms with Gasteiger partial charge in [0.1, 0.15) is 6.04 Å². The van der Waals surface area contributed by atoms with E-state index in [1.165, 1.54) is 0 Å². The molecule has 14 heteroatoms. The molecule has 2 aromatic carbocycles. The van der Waals surface area contributed by atoms with Gasteiger partial charge in [0.25, 0.3) is 0 Å². The van der Waals surface area contributed by atoms with E-state index in [9.17, 15) is 32.7 Å². The van der Waals surface area contributed by atoms with Gasteiger partial charge in [-0.3, -0.25) is 19.5 Å². The lowest BCUT2D eigenvalue weighted by atomic mass is 10.0. The molecule has 0 spiro atoms. The van der Waals surface area contributed by atoms with Gasteiger partial charge in [-0.25, -0.2) is 9.59 Å². The second-order valence-electron chi connectivity index (χ2n) is 10.8. The number of pyridine rings is 1. The van der Waals surface area contributed by atoms with E-state index in [-0.39, 0.29) is 24.4 Å². The Morgan fingerprint density at radius 3 is 2.46 bits per heavy atom. The fourth-order valence-electron chi connectivity index (χ4n) is 5.22. The van der Waals surface area contributed by atoms with Crippen molar-refractivity contribution in [3.8, 4) is 0 Å². The Hall–Kier alpha value is -4.17. The fraction of sp³-hybridized carbons (Fsp3) is 0.406. The van der Waals surface area contributed by atoms with Gasteiger partial charge in [0.15, 0.2) is 0 Å². The van der Waals surface area contributed by atoms with Crippen LogP contribution in [0.5, 0.6) is 0 Å². The van der Waals surface area contributed by atoms with Gasteiger partial charge < -0.3 is 20.4 Å². The Morgan fingerprint density at radius 1 is 1.09 bits per heavy atom. The Kier molecular flexibility index (Phi) is 13.8. The minimum Gasteiger partial charge on any atom is -0.480 e. The number of carbonyl (C=O) groups is 4. The van der Waals surface area contributed by atoms with Gasteiger partial charge >= 0.3 is 18.1 Å². The number of likely N-dealkylation sites (tertiary alicyclic amines) is 1. The van der Waals surface area contributed by atoms with Crippen LogP contribution in [0, 0.1) is 0 Å². The number of thioether (sulfide) groups is 1. The van der Waals surface area contributed by atoms with Crippen LogP contribution < -0.4 is 5.32 Å². The smallest absolute Gasteiger partial charge is 0.480 e. The van der Waals surface area contributed by atoms with Crippen LogP contribution in [0.25, 0.3) is 10.8 Å². The molecule has 3 aromatic rings. The van der Waals surface area contributed by atoms with Gasteiger partial charge in [-0.05, 0) is 59.2 Å². The second kappa shape index (κ2) is 17.5. The first kappa shape index (κ1) is 36.3. The summed E-state index contributed by atoms with van der Waals surface area (Å²) in [6, 6.07) is 17.1. The molecular formula is C32H37F3N4O6S. The number of halogens is 3. The number of hydrogen-bond donors (Lipinski definition) is 3. The maximum Gasteiger partial charge on any atom is 0.490 e. The van der Waals surface area contributed by atoms with Gasteiger partial charge in [-0.15, -0.1) is 0 Å². The summed E-state index contributed by atoms with van der Waals surface area (Å²) < 4.78 is 31.7. The van der Waals surface area contributed by atoms with E-state index in [1.807, 2.05) is 46.4 Å². The third-order valence-electron chi connectivity index (χ3n) is 7.37. The summed E-state index contributed by atoms with van der Waals surface area (Å²) in [6.07, 6.45) is 2.67. The molecule has 0 radical (unpaired) electrons. The molecule has 248 valence electrons. The average molecular weight is 663 g/mol. The summed E-state index contributed by atoms with van der Waals surface area (Å²) in [4.78, 5) is 55.0. The highest BCUT2D eigenvalue weighted by atomic mass is 32.2. The van der Waals surface area contributed by atoms with Crippen molar-refractivity contribution in [2.24, 2.45) is 0 Å². The number of nitrogens with zero attached hydrogens (tertiary/aromatic N) is 3. The Balaban J connectivity index is 0.000000738. The number of amides is 2. The van der Waals surface area contributed by atoms with Crippen molar-refractivity contribution >= 4 is 46.3 Å². The Labute approximate surface area is 269 Å². The number of aromatic nitrogens is 1. The van der Waals surface area contributed by atoms with E-state index in [0.717, 1.165) is 34.7 Å². The molecule has 0 saturated carbocycles. The van der Waals surface area contributed by atoms with Gasteiger partial charge in [-0.1, -0.05) is 48.5 Å². The van der Waals surface area contributed by atoms with Crippen molar-refractivity contribution in [1.82, 2.24) is 20.1 Å². The lowest BCUT2D eigenvalue weighted by molar-refractivity contribution is -0.192. The summed E-state index contributed by atoms with van der Waals surface area (Å²) in [5, 5.41) is 21.7. The molecule has 1 aliphatic heterocycles. The molecule has 0 bridgehead atoms. The summed E-state index contributed by atoms with van der Waals surface area (Å²) in [5.41, 5.74) is 1.97. The van der Waals surface area contributed by atoms with Crippen molar-refractivity contribution < 1.29 is 42.6 Å². The normalized spacial score (nSPS) is 15.2. The highest BCUT2D eigenvalue weighted by Gasteiger charge is 2.38. The van der Waals surface area contributed by atoms with Gasteiger partial charge in [-0.2, -0.15) is 24.9 Å². The zero-order chi connectivity index (χ0) is 33.7. The quantitative estimate of drug-likeness (QED) is 0.245. The lowest BCUT2D eigenvalue weighted by Gasteiger charge is -2.31. The largest absolute Gasteiger partial charge is 0.490 e. The van der Waals surface area contributed by atoms with Crippen LogP contribution in [-0.2, 0) is 32.1 Å². The monoisotopic (exact) mass is 662 g/mol. The molecule has 1 aliphatic rings. The summed E-state index contributed by atoms with van der Waals surface area (Å²) >= 11 is 1.55. The van der Waals surface area contributed by atoms with Crippen LogP contribution in [0.3, 0.4) is 0 Å². The number of carbonyl (C=O) groups excluding carboxylic acids is 2. The van der Waals surface area contributed by atoms with Crippen LogP contribution in [0.1, 0.15) is 30.4 Å². The highest BCUT2D eigenvalue weighted by molar-refractivity contribution is 7.98. The van der Waals surface area contributed by atoms with E-state index in [0.29, 0.717) is 38.2 Å². The first-order valence-electron chi connectivity index (χ1n) is 14.6. The van der Waals surface area contributed by atoms with E-state index < -0.39 is 24.2 Å². The summed E-state index contributed by atoms with van der Waals surface area (Å²) in [7, 11) is 0. The zero-order valence-electron chi connectivity index (χ0n) is 25.3. The molecule has 2 amide bonds. The molecule has 2 heterocycles. The summed E-state index contributed by atoms with van der Waals surface area (Å²) in [6.45, 7) is 1.78. The number of hydrogen-bond acceptors (Lipinski definition) is 7. The molecular weight excluding hydrogens is 625 g/mol. The first-order chi connectivity index (χ1) is 21.9. The molecule has 0 unspecified atom stereocenters. The Bertz CT molecular complexity index is 1470. The second-order valence-corrected chi connectivity index (χ2v) is 11.8. The van der Waals surface area contributed by atoms with Crippen molar-refractivity contribution in [3.63, 3.8) is 0 Å². The van der Waals surface area contributed by atoms with E-state index in [1.54, 1.807) is 24.2 Å². The first-order valence-corrected chi connectivity index (χ1v) is 16.0. The third-order valence-corrected chi connectivity index (χ3v) is 8.02. The molecule has 1 saturated heterocycles. The van der Waals surface area contributed by atoms with Crippen molar-refractivity contribution in [3.05, 3.63) is 78.1 Å². The number of carboxylic acid groups (broad SMARTS) is 2. The molecule has 4 rings (SSSR count). The van der Waals surface area contributed by atoms with Crippen LogP contribution in [0.2, 0.25) is 0 Å². The minimum absolute atomic E-state index is 0.0243. The predicted molar refractivity (Wildman–Crippen MR) is 168 cm³/mol. The van der Waals surface area contributed by atoms with Gasteiger partial charge in [0.2, 0.25) is 11.8 Å². The molecule has 3 N–H and O–H groups in total. The number of nitrogens with one attached hydrogen (secondary N) is 1. The number of rotatable bonds is 13. The predicted octanol–water partition coefficient (Wildman–Crippen LogP) is 4.23. The van der Waals surface area contributed by atoms with Crippen LogP contribution in [-0.4, -0.2) is 98.7 Å². The van der Waals surface area contributed by atoms with Crippen LogP contribution in [0.15, 0.2) is 67.0 Å². The van der Waals surface area contributed by atoms with Crippen LogP contribution in [0.4, 0.5) is 13.2 Å². The fourth-order valence-corrected chi connectivity index (χ4v) is 5.69. The van der Waals surface area contributed by atoms with E-state index in [2.05, 4.69) is 34.6 Å². The highest BCUT2D eigenvalue weighted by Crippen LogP contribution is 2.23. The standard InChI is InChI=1S/C30H36N4O4S.C2HF3O2/c1-39-16-13-27(30(37)38)32-28(35)21-33(19-24-10-4-9-23-8-2-3-12-26(23)24)20-25-11-6-15-34(25)29(36)17-22-7-5-14-31-18-22;3-2(4,5)1(6)7/h2-5,7-10,12,14,18,25,27H,6,11,13,15-17,19-21H2,1H3,(H,32,35)(H,37,38);(H,6,7)/t25-,27-;/m0./s1. The zero-order valence-corrected chi connectivity index (χ0v) is 26.1. The van der Waals surface area contributed by atoms with Crippen molar-refractivity contribution in [1.29, 1.82) is 0 Å². The number of fused-ring (bicyclic) bond motifs is 1. The van der Waals surface area contributed by atoms with Gasteiger partial charge in [0, 0.05) is 38.1 Å². The maximum absolute atomic E-state index is 13.2. The SMILES string of the molecule is CSCC[C@H](NC(=O)CN(Cc1cccc2ccccc12)C[C@@H]1CCCN1C(=O)Cc1cccnc1)C(=O)O.O=C(O)C(F)(F)F. The molecule has 0 aliphatic carbocycles. The molecule has 10 nitrogen and oxygen atoms in total. The molecule has 1 aromatic heterocycles. The third kappa shape index (κ3) is 11.3. The maximum atomic E-state index is 13.2. The number of alkyl halides is 3. The van der Waals surface area contributed by atoms with E-state index >= 15 is 0 Å². The van der Waals surface area contributed by atoms with Crippen LogP contribution >= 0.6 is 11.8 Å². The molecule has 2 atom stereocenters. The van der Waals surface area contributed by atoms with Crippen molar-refractivity contribution in [2.45, 2.75) is 50.5 Å². The van der Waals surface area contributed by atoms with Crippen molar-refractivity contribution in [2.75, 3.05) is 31.6 Å². The van der Waals surface area contributed by atoms with E-state index in [4.69, 9.17) is 9.90 Å². The number of benzene rings is 2.